The molecule has 5 heteroatoms. The largest absolute Gasteiger partial charge is 0.399 e. The van der Waals surface area contributed by atoms with E-state index in [4.69, 9.17) is 17.3 Å². The first-order valence-corrected chi connectivity index (χ1v) is 5.49. The lowest BCUT2D eigenvalue weighted by molar-refractivity contribution is 0.766. The van der Waals surface area contributed by atoms with Crippen LogP contribution in [0.15, 0.2) is 42.5 Å². The number of hydrogen-bond acceptors (Lipinski definition) is 3. The minimum Gasteiger partial charge on any atom is -0.399 e. The van der Waals surface area contributed by atoms with Crippen molar-refractivity contribution in [1.29, 1.82) is 0 Å². The lowest BCUT2D eigenvalue weighted by Gasteiger charge is -1.98. The summed E-state index contributed by atoms with van der Waals surface area (Å²) in [5.41, 5.74) is 8.80. The molecule has 0 fully saturated rings. The van der Waals surface area contributed by atoms with Crippen molar-refractivity contribution < 1.29 is 0 Å². The van der Waals surface area contributed by atoms with Gasteiger partial charge in [0.25, 0.3) is 0 Å². The molecule has 0 aliphatic heterocycles. The standard InChI is InChI=1S/C12H9ClN4/c13-8-1-6-11-12(7-8)16-17(15-11)10-4-2-9(14)3-5-10/h1-7H,14H2. The van der Waals surface area contributed by atoms with Gasteiger partial charge in [-0.05, 0) is 42.5 Å². The van der Waals surface area contributed by atoms with Crippen molar-refractivity contribution in [1.82, 2.24) is 15.0 Å². The lowest BCUT2D eigenvalue weighted by Crippen LogP contribution is -1.98. The Kier molecular flexibility index (Phi) is 2.23. The van der Waals surface area contributed by atoms with Gasteiger partial charge in [-0.3, -0.25) is 0 Å². The number of halogens is 1. The van der Waals surface area contributed by atoms with Crippen LogP contribution in [0.25, 0.3) is 16.7 Å². The molecule has 84 valence electrons. The molecule has 2 N–H and O–H groups in total. The summed E-state index contributed by atoms with van der Waals surface area (Å²) in [5.74, 6) is 0. The third-order valence-electron chi connectivity index (χ3n) is 2.47. The third kappa shape index (κ3) is 1.83. The Morgan fingerprint density at radius 1 is 0.941 bits per heavy atom. The lowest BCUT2D eigenvalue weighted by atomic mass is 10.3. The molecule has 1 aromatic heterocycles. The summed E-state index contributed by atoms with van der Waals surface area (Å²) in [6.07, 6.45) is 0. The van der Waals surface area contributed by atoms with Crippen molar-refractivity contribution in [3.63, 3.8) is 0 Å². The number of nitrogens with two attached hydrogens (primary N) is 1. The first-order valence-electron chi connectivity index (χ1n) is 5.11. The maximum Gasteiger partial charge on any atom is 0.115 e. The predicted molar refractivity (Wildman–Crippen MR) is 68.3 cm³/mol. The van der Waals surface area contributed by atoms with E-state index in [9.17, 15) is 0 Å². The SMILES string of the molecule is Nc1ccc(-n2nc3ccc(Cl)cc3n2)cc1. The summed E-state index contributed by atoms with van der Waals surface area (Å²) in [7, 11) is 0. The first-order chi connectivity index (χ1) is 8.22. The molecule has 0 aliphatic carbocycles. The molecule has 0 saturated heterocycles. The Morgan fingerprint density at radius 3 is 2.41 bits per heavy atom. The molecule has 0 unspecified atom stereocenters. The maximum atomic E-state index is 5.90. The zero-order chi connectivity index (χ0) is 11.8. The van der Waals surface area contributed by atoms with E-state index < -0.39 is 0 Å². The second-order valence-corrected chi connectivity index (χ2v) is 4.15. The molecule has 2 aromatic carbocycles. The van der Waals surface area contributed by atoms with E-state index >= 15 is 0 Å². The summed E-state index contributed by atoms with van der Waals surface area (Å²) in [6, 6.07) is 12.8. The van der Waals surface area contributed by atoms with Gasteiger partial charge in [-0.25, -0.2) is 0 Å². The second kappa shape index (κ2) is 3.75. The summed E-state index contributed by atoms with van der Waals surface area (Å²) in [4.78, 5) is 1.57. The van der Waals surface area contributed by atoms with Gasteiger partial charge in [-0.1, -0.05) is 11.6 Å². The van der Waals surface area contributed by atoms with Crippen LogP contribution in [-0.2, 0) is 0 Å². The zero-order valence-corrected chi connectivity index (χ0v) is 9.59. The highest BCUT2D eigenvalue weighted by Gasteiger charge is 2.04. The minimum atomic E-state index is 0.654. The topological polar surface area (TPSA) is 56.7 Å². The predicted octanol–water partition coefficient (Wildman–Crippen LogP) is 2.66. The molecule has 0 bridgehead atoms. The van der Waals surface area contributed by atoms with Crippen molar-refractivity contribution in [3.8, 4) is 5.69 Å². The van der Waals surface area contributed by atoms with Crippen LogP contribution in [0.2, 0.25) is 5.02 Å². The highest BCUT2D eigenvalue weighted by molar-refractivity contribution is 6.31. The van der Waals surface area contributed by atoms with E-state index in [-0.39, 0.29) is 0 Å². The maximum absolute atomic E-state index is 5.90. The van der Waals surface area contributed by atoms with Crippen molar-refractivity contribution >= 4 is 28.3 Å². The van der Waals surface area contributed by atoms with Crippen molar-refractivity contribution in [2.24, 2.45) is 0 Å². The van der Waals surface area contributed by atoms with Crippen LogP contribution in [0.3, 0.4) is 0 Å². The number of fused-ring (bicyclic) bond motifs is 1. The van der Waals surface area contributed by atoms with Gasteiger partial charge in [0, 0.05) is 10.7 Å². The fourth-order valence-electron chi connectivity index (χ4n) is 1.61. The van der Waals surface area contributed by atoms with E-state index in [0.717, 1.165) is 16.7 Å². The smallest absolute Gasteiger partial charge is 0.115 e. The van der Waals surface area contributed by atoms with Gasteiger partial charge < -0.3 is 5.73 Å². The van der Waals surface area contributed by atoms with Crippen LogP contribution in [0.1, 0.15) is 0 Å². The molecule has 0 radical (unpaired) electrons. The van der Waals surface area contributed by atoms with Gasteiger partial charge >= 0.3 is 0 Å². The highest BCUT2D eigenvalue weighted by Crippen LogP contribution is 2.17. The Balaban J connectivity index is 2.14. The van der Waals surface area contributed by atoms with Gasteiger partial charge in [-0.2, -0.15) is 4.80 Å². The number of rotatable bonds is 1. The first kappa shape index (κ1) is 10.1. The fraction of sp³-hybridized carbons (Fsp3) is 0. The van der Waals surface area contributed by atoms with Crippen molar-refractivity contribution in [3.05, 3.63) is 47.5 Å². The van der Waals surface area contributed by atoms with Gasteiger partial charge in [-0.15, -0.1) is 10.2 Å². The minimum absolute atomic E-state index is 0.654. The van der Waals surface area contributed by atoms with Crippen LogP contribution in [0, 0.1) is 0 Å². The molecule has 3 aromatic rings. The average Bonchev–Trinajstić information content (AvgIpc) is 2.72. The van der Waals surface area contributed by atoms with Crippen molar-refractivity contribution in [2.45, 2.75) is 0 Å². The molecule has 4 nitrogen and oxygen atoms in total. The normalized spacial score (nSPS) is 10.9. The number of benzene rings is 2. The Hall–Kier alpha value is -2.07. The van der Waals surface area contributed by atoms with Gasteiger partial charge in [0.2, 0.25) is 0 Å². The zero-order valence-electron chi connectivity index (χ0n) is 8.84. The average molecular weight is 245 g/mol. The Labute approximate surface area is 103 Å². The number of nitrogens with zero attached hydrogens (tertiary/aromatic N) is 3. The summed E-state index contributed by atoms with van der Waals surface area (Å²) in [6.45, 7) is 0. The van der Waals surface area contributed by atoms with E-state index in [1.807, 2.05) is 30.3 Å². The monoisotopic (exact) mass is 244 g/mol. The van der Waals surface area contributed by atoms with Crippen molar-refractivity contribution in [2.75, 3.05) is 5.73 Å². The second-order valence-electron chi connectivity index (χ2n) is 3.71. The van der Waals surface area contributed by atoms with Gasteiger partial charge in [0.05, 0.1) is 5.69 Å². The van der Waals surface area contributed by atoms with Crippen LogP contribution in [-0.4, -0.2) is 15.0 Å². The summed E-state index contributed by atoms with van der Waals surface area (Å²) >= 11 is 5.90. The van der Waals surface area contributed by atoms with Crippen LogP contribution < -0.4 is 5.73 Å². The number of nitrogen functional groups attached to an aromatic ring is 1. The Morgan fingerprint density at radius 2 is 1.65 bits per heavy atom. The van der Waals surface area contributed by atoms with Gasteiger partial charge in [0.15, 0.2) is 0 Å². The molecule has 1 heterocycles. The molecule has 0 aliphatic rings. The summed E-state index contributed by atoms with van der Waals surface area (Å²) < 4.78 is 0. The molecule has 3 rings (SSSR count). The van der Waals surface area contributed by atoms with E-state index in [2.05, 4.69) is 10.2 Å². The molecule has 17 heavy (non-hydrogen) atoms. The fourth-order valence-corrected chi connectivity index (χ4v) is 1.78. The summed E-state index contributed by atoms with van der Waals surface area (Å²) in [5, 5.41) is 9.37. The Bertz CT molecular complexity index is 673. The molecular formula is C12H9ClN4. The molecule has 0 saturated carbocycles. The molecule has 0 amide bonds. The number of aromatic nitrogens is 3. The quantitative estimate of drug-likeness (QED) is 0.670. The molecule has 0 atom stereocenters. The number of hydrogen-bond donors (Lipinski definition) is 1. The number of anilines is 1. The van der Waals surface area contributed by atoms with E-state index in [1.165, 1.54) is 0 Å². The van der Waals surface area contributed by atoms with Gasteiger partial charge in [0.1, 0.15) is 11.0 Å². The molecule has 0 spiro atoms. The van der Waals surface area contributed by atoms with Crippen LogP contribution >= 0.6 is 11.6 Å². The third-order valence-corrected chi connectivity index (χ3v) is 2.70. The van der Waals surface area contributed by atoms with Crippen LogP contribution in [0.5, 0.6) is 0 Å². The van der Waals surface area contributed by atoms with E-state index in [0.29, 0.717) is 10.7 Å². The van der Waals surface area contributed by atoms with Crippen LogP contribution in [0.4, 0.5) is 5.69 Å². The highest BCUT2D eigenvalue weighted by atomic mass is 35.5. The van der Waals surface area contributed by atoms with E-state index in [1.54, 1.807) is 16.9 Å². The molecular weight excluding hydrogens is 236 g/mol.